The third-order valence-electron chi connectivity index (χ3n) is 3.94. The van der Waals surface area contributed by atoms with Crippen LogP contribution in [0.25, 0.3) is 0 Å². The normalized spacial score (nSPS) is 18.1. The Hall–Kier alpha value is -1.10. The summed E-state index contributed by atoms with van der Waals surface area (Å²) in [5, 5.41) is 13.5. The van der Waals surface area contributed by atoms with Crippen molar-refractivity contribution in [3.63, 3.8) is 0 Å². The second-order valence-corrected chi connectivity index (χ2v) is 5.73. The Bertz CT molecular complexity index is 451. The fourth-order valence-corrected chi connectivity index (χ4v) is 2.46. The lowest BCUT2D eigenvalue weighted by atomic mass is 9.80. The van der Waals surface area contributed by atoms with E-state index in [1.54, 1.807) is 31.4 Å². The van der Waals surface area contributed by atoms with Gasteiger partial charge in [0.2, 0.25) is 5.91 Å². The van der Waals surface area contributed by atoms with Gasteiger partial charge in [-0.05, 0) is 37.0 Å². The van der Waals surface area contributed by atoms with Crippen molar-refractivity contribution in [2.24, 2.45) is 0 Å². The second-order valence-electron chi connectivity index (χ2n) is 5.29. The molecule has 1 aliphatic carbocycles. The Morgan fingerprint density at radius 3 is 2.60 bits per heavy atom. The molecule has 1 aromatic carbocycles. The van der Waals surface area contributed by atoms with E-state index < -0.39 is 6.10 Å². The van der Waals surface area contributed by atoms with Crippen molar-refractivity contribution < 1.29 is 14.6 Å². The Kier molecular flexibility index (Phi) is 5.02. The van der Waals surface area contributed by atoms with Crippen LogP contribution in [0.2, 0.25) is 5.02 Å². The molecule has 0 spiro atoms. The zero-order valence-electron chi connectivity index (χ0n) is 11.6. The lowest BCUT2D eigenvalue weighted by Crippen LogP contribution is -2.49. The van der Waals surface area contributed by atoms with Crippen LogP contribution in [0.1, 0.15) is 37.4 Å². The van der Waals surface area contributed by atoms with E-state index in [1.165, 1.54) is 0 Å². The molecule has 1 saturated carbocycles. The smallest absolute Gasteiger partial charge is 0.223 e. The highest BCUT2D eigenvalue weighted by atomic mass is 35.5. The van der Waals surface area contributed by atoms with Gasteiger partial charge in [-0.25, -0.2) is 0 Å². The van der Waals surface area contributed by atoms with Crippen LogP contribution in [0, 0.1) is 0 Å². The van der Waals surface area contributed by atoms with E-state index in [0.717, 1.165) is 19.3 Å². The summed E-state index contributed by atoms with van der Waals surface area (Å²) in [5.74, 6) is -0.171. The first-order chi connectivity index (χ1) is 9.54. The quantitative estimate of drug-likeness (QED) is 0.848. The molecule has 4 nitrogen and oxygen atoms in total. The van der Waals surface area contributed by atoms with Gasteiger partial charge in [0.1, 0.15) is 0 Å². The molecule has 0 radical (unpaired) electrons. The number of rotatable bonds is 6. The van der Waals surface area contributed by atoms with Gasteiger partial charge in [-0.15, -0.1) is 0 Å². The summed E-state index contributed by atoms with van der Waals surface area (Å²) < 4.78 is 5.44. The third-order valence-corrected chi connectivity index (χ3v) is 4.19. The highest BCUT2D eigenvalue weighted by Crippen LogP contribution is 2.34. The van der Waals surface area contributed by atoms with Gasteiger partial charge in [0, 0.05) is 18.7 Å². The zero-order chi connectivity index (χ0) is 14.6. The summed E-state index contributed by atoms with van der Waals surface area (Å²) in [5.41, 5.74) is 0.496. The zero-order valence-corrected chi connectivity index (χ0v) is 12.3. The number of methoxy groups -OCH3 is 1. The molecule has 2 N–H and O–H groups in total. The molecular weight excluding hydrogens is 278 g/mol. The number of aliphatic hydroxyl groups is 1. The van der Waals surface area contributed by atoms with Crippen LogP contribution >= 0.6 is 11.6 Å². The van der Waals surface area contributed by atoms with Crippen LogP contribution in [0.5, 0.6) is 0 Å². The molecule has 2 rings (SSSR count). The van der Waals surface area contributed by atoms with Crippen LogP contribution in [0.4, 0.5) is 0 Å². The number of aliphatic hydroxyl groups excluding tert-OH is 1. The summed E-state index contributed by atoms with van der Waals surface area (Å²) in [6, 6.07) is 6.85. The number of halogens is 1. The molecule has 20 heavy (non-hydrogen) atoms. The molecule has 1 unspecified atom stereocenters. The largest absolute Gasteiger partial charge is 0.388 e. The number of carbonyl (C=O) groups excluding carboxylic acids is 1. The highest BCUT2D eigenvalue weighted by Gasteiger charge is 2.37. The molecule has 0 aliphatic heterocycles. The Balaban J connectivity index is 1.80. The van der Waals surface area contributed by atoms with Crippen molar-refractivity contribution >= 4 is 17.5 Å². The maximum Gasteiger partial charge on any atom is 0.223 e. The van der Waals surface area contributed by atoms with Crippen LogP contribution < -0.4 is 5.32 Å². The lowest BCUT2D eigenvalue weighted by molar-refractivity contribution is -0.126. The van der Waals surface area contributed by atoms with E-state index in [9.17, 15) is 9.90 Å². The summed E-state index contributed by atoms with van der Waals surface area (Å²) in [6.07, 6.45) is 2.32. The van der Waals surface area contributed by atoms with Crippen molar-refractivity contribution in [1.82, 2.24) is 5.32 Å². The predicted octanol–water partition coefficient (Wildman–Crippen LogP) is 2.45. The number of amides is 1. The van der Waals surface area contributed by atoms with Gasteiger partial charge >= 0.3 is 0 Å². The Labute approximate surface area is 124 Å². The van der Waals surface area contributed by atoms with Crippen molar-refractivity contribution in [3.8, 4) is 0 Å². The molecule has 1 aromatic rings. The number of benzene rings is 1. The summed E-state index contributed by atoms with van der Waals surface area (Å²) in [7, 11) is 1.67. The second kappa shape index (κ2) is 6.57. The van der Waals surface area contributed by atoms with Crippen LogP contribution in [-0.4, -0.2) is 30.3 Å². The van der Waals surface area contributed by atoms with Gasteiger partial charge in [0.25, 0.3) is 0 Å². The molecule has 5 heteroatoms. The van der Waals surface area contributed by atoms with E-state index >= 15 is 0 Å². The average molecular weight is 298 g/mol. The van der Waals surface area contributed by atoms with E-state index in [4.69, 9.17) is 16.3 Å². The summed E-state index contributed by atoms with van der Waals surface area (Å²) >= 11 is 5.79. The molecule has 0 heterocycles. The summed E-state index contributed by atoms with van der Waals surface area (Å²) in [4.78, 5) is 11.8. The Morgan fingerprint density at radius 2 is 2.10 bits per heavy atom. The number of hydrogen-bond acceptors (Lipinski definition) is 3. The molecule has 1 atom stereocenters. The molecule has 1 aliphatic rings. The van der Waals surface area contributed by atoms with E-state index in [2.05, 4.69) is 5.32 Å². The number of nitrogens with one attached hydrogen (secondary N) is 1. The molecule has 110 valence electrons. The van der Waals surface area contributed by atoms with Gasteiger partial charge in [-0.2, -0.15) is 0 Å². The monoisotopic (exact) mass is 297 g/mol. The van der Waals surface area contributed by atoms with Gasteiger partial charge < -0.3 is 15.2 Å². The van der Waals surface area contributed by atoms with Crippen molar-refractivity contribution in [2.75, 3.05) is 13.7 Å². The first kappa shape index (κ1) is 15.3. The molecule has 1 amide bonds. The molecular formula is C15H20ClNO3. The standard InChI is InChI=1S/C15H20ClNO3/c1-20-15(7-2-8-15)10-17-14(19)9-13(18)11-3-5-12(16)6-4-11/h3-6,13,18H,2,7-10H2,1H3,(H,17,19). The van der Waals surface area contributed by atoms with Crippen LogP contribution in [-0.2, 0) is 9.53 Å². The highest BCUT2D eigenvalue weighted by molar-refractivity contribution is 6.30. The fraction of sp³-hybridized carbons (Fsp3) is 0.533. The number of ether oxygens (including phenoxy) is 1. The van der Waals surface area contributed by atoms with Crippen LogP contribution in [0.3, 0.4) is 0 Å². The van der Waals surface area contributed by atoms with Crippen LogP contribution in [0.15, 0.2) is 24.3 Å². The van der Waals surface area contributed by atoms with Gasteiger partial charge in [0.15, 0.2) is 0 Å². The van der Waals surface area contributed by atoms with Gasteiger partial charge in [-0.1, -0.05) is 23.7 Å². The van der Waals surface area contributed by atoms with E-state index in [1.807, 2.05) is 0 Å². The van der Waals surface area contributed by atoms with Crippen molar-refractivity contribution in [1.29, 1.82) is 0 Å². The predicted molar refractivity (Wildman–Crippen MR) is 77.6 cm³/mol. The Morgan fingerprint density at radius 1 is 1.45 bits per heavy atom. The fourth-order valence-electron chi connectivity index (χ4n) is 2.33. The molecule has 0 aromatic heterocycles. The SMILES string of the molecule is COC1(CNC(=O)CC(O)c2ccc(Cl)cc2)CCC1. The maximum atomic E-state index is 11.8. The average Bonchev–Trinajstić information content (AvgIpc) is 2.38. The topological polar surface area (TPSA) is 58.6 Å². The summed E-state index contributed by atoms with van der Waals surface area (Å²) in [6.45, 7) is 0.510. The minimum absolute atomic E-state index is 0.0431. The van der Waals surface area contributed by atoms with Crippen molar-refractivity contribution in [2.45, 2.75) is 37.4 Å². The molecule has 0 bridgehead atoms. The maximum absolute atomic E-state index is 11.8. The third kappa shape index (κ3) is 3.72. The first-order valence-electron chi connectivity index (χ1n) is 6.80. The number of carbonyl (C=O) groups is 1. The van der Waals surface area contributed by atoms with Crippen molar-refractivity contribution in [3.05, 3.63) is 34.9 Å². The van der Waals surface area contributed by atoms with E-state index in [0.29, 0.717) is 17.1 Å². The minimum Gasteiger partial charge on any atom is -0.388 e. The van der Waals surface area contributed by atoms with Gasteiger partial charge in [-0.3, -0.25) is 4.79 Å². The number of hydrogen-bond donors (Lipinski definition) is 2. The lowest BCUT2D eigenvalue weighted by Gasteiger charge is -2.40. The minimum atomic E-state index is -0.813. The van der Waals surface area contributed by atoms with Gasteiger partial charge in [0.05, 0.1) is 18.1 Å². The molecule has 0 saturated heterocycles. The van der Waals surface area contributed by atoms with E-state index in [-0.39, 0.29) is 17.9 Å². The first-order valence-corrected chi connectivity index (χ1v) is 7.18. The molecule has 1 fully saturated rings.